The van der Waals surface area contributed by atoms with E-state index in [-0.39, 0.29) is 11.9 Å². The fraction of sp³-hybridized carbons (Fsp3) is 0.500. The first kappa shape index (κ1) is 20.7. The van der Waals surface area contributed by atoms with Crippen molar-refractivity contribution < 1.29 is 4.79 Å². The normalized spacial score (nSPS) is 17.3. The quantitative estimate of drug-likeness (QED) is 0.801. The van der Waals surface area contributed by atoms with Gasteiger partial charge in [0.25, 0.3) is 0 Å². The Hall–Kier alpha value is -1.98. The van der Waals surface area contributed by atoms with Gasteiger partial charge in [-0.3, -0.25) is 9.69 Å². The second-order valence-electron chi connectivity index (χ2n) is 7.98. The topological polar surface area (TPSA) is 58.1 Å². The van der Waals surface area contributed by atoms with Crippen LogP contribution < -0.4 is 5.32 Å². The molecule has 0 saturated carbocycles. The SMILES string of the molecule is Cc1nc(C2CCN(Cc3cccc(Cl)c3)C2)nc(C)c1CC(=O)NC(C)C. The van der Waals surface area contributed by atoms with Gasteiger partial charge >= 0.3 is 0 Å². The highest BCUT2D eigenvalue weighted by Crippen LogP contribution is 2.27. The lowest BCUT2D eigenvalue weighted by atomic mass is 10.0. The molecule has 2 aromatic rings. The molecule has 3 rings (SSSR count). The van der Waals surface area contributed by atoms with Crippen LogP contribution in [-0.4, -0.2) is 39.9 Å². The molecule has 0 aliphatic carbocycles. The zero-order valence-corrected chi connectivity index (χ0v) is 17.9. The van der Waals surface area contributed by atoms with Gasteiger partial charge in [-0.1, -0.05) is 23.7 Å². The molecule has 0 spiro atoms. The number of likely N-dealkylation sites (tertiary alicyclic amines) is 1. The molecule has 1 amide bonds. The van der Waals surface area contributed by atoms with Crippen LogP contribution in [-0.2, 0) is 17.8 Å². The molecule has 5 nitrogen and oxygen atoms in total. The monoisotopic (exact) mass is 400 g/mol. The van der Waals surface area contributed by atoms with E-state index in [1.807, 2.05) is 45.9 Å². The molecule has 1 aromatic carbocycles. The highest BCUT2D eigenvalue weighted by molar-refractivity contribution is 6.30. The van der Waals surface area contributed by atoms with Crippen LogP contribution in [0.2, 0.25) is 5.02 Å². The Balaban J connectivity index is 1.66. The number of carbonyl (C=O) groups is 1. The summed E-state index contributed by atoms with van der Waals surface area (Å²) in [5.74, 6) is 1.25. The second kappa shape index (κ2) is 9.01. The third-order valence-corrected chi connectivity index (χ3v) is 5.39. The lowest BCUT2D eigenvalue weighted by molar-refractivity contribution is -0.120. The minimum Gasteiger partial charge on any atom is -0.354 e. The van der Waals surface area contributed by atoms with E-state index in [1.165, 1.54) is 5.56 Å². The van der Waals surface area contributed by atoms with Gasteiger partial charge in [0.15, 0.2) is 0 Å². The largest absolute Gasteiger partial charge is 0.354 e. The minimum absolute atomic E-state index is 0.0195. The maximum Gasteiger partial charge on any atom is 0.224 e. The van der Waals surface area contributed by atoms with Crippen LogP contribution in [0.3, 0.4) is 0 Å². The number of amides is 1. The molecule has 2 heterocycles. The smallest absolute Gasteiger partial charge is 0.224 e. The number of aromatic nitrogens is 2. The van der Waals surface area contributed by atoms with E-state index in [0.29, 0.717) is 12.3 Å². The van der Waals surface area contributed by atoms with E-state index < -0.39 is 0 Å². The number of nitrogens with zero attached hydrogens (tertiary/aromatic N) is 3. The van der Waals surface area contributed by atoms with Crippen LogP contribution in [0.1, 0.15) is 54.5 Å². The number of carbonyl (C=O) groups excluding carboxylic acids is 1. The van der Waals surface area contributed by atoms with Crippen molar-refractivity contribution in [3.8, 4) is 0 Å². The van der Waals surface area contributed by atoms with Crippen molar-refractivity contribution in [2.75, 3.05) is 13.1 Å². The second-order valence-corrected chi connectivity index (χ2v) is 8.42. The molecule has 1 unspecified atom stereocenters. The summed E-state index contributed by atoms with van der Waals surface area (Å²) in [6, 6.07) is 8.17. The Morgan fingerprint density at radius 2 is 2.00 bits per heavy atom. The number of nitrogens with one attached hydrogen (secondary N) is 1. The number of hydrogen-bond donors (Lipinski definition) is 1. The van der Waals surface area contributed by atoms with Gasteiger partial charge in [-0.15, -0.1) is 0 Å². The maximum atomic E-state index is 12.1. The van der Waals surface area contributed by atoms with Gasteiger partial charge < -0.3 is 5.32 Å². The van der Waals surface area contributed by atoms with Crippen molar-refractivity contribution in [3.63, 3.8) is 0 Å². The van der Waals surface area contributed by atoms with Crippen LogP contribution in [0.5, 0.6) is 0 Å². The molecular formula is C22H29ClN4O. The molecule has 1 fully saturated rings. The molecule has 28 heavy (non-hydrogen) atoms. The zero-order valence-electron chi connectivity index (χ0n) is 17.1. The predicted octanol–water partition coefficient (Wildman–Crippen LogP) is 3.80. The van der Waals surface area contributed by atoms with Gasteiger partial charge in [0.2, 0.25) is 5.91 Å². The van der Waals surface area contributed by atoms with E-state index in [0.717, 1.165) is 53.9 Å². The lowest BCUT2D eigenvalue weighted by Crippen LogP contribution is -2.32. The Morgan fingerprint density at radius 1 is 1.29 bits per heavy atom. The summed E-state index contributed by atoms with van der Waals surface area (Å²) in [6.07, 6.45) is 1.38. The summed E-state index contributed by atoms with van der Waals surface area (Å²) in [5, 5.41) is 3.72. The van der Waals surface area contributed by atoms with Crippen molar-refractivity contribution >= 4 is 17.5 Å². The maximum absolute atomic E-state index is 12.1. The highest BCUT2D eigenvalue weighted by atomic mass is 35.5. The first-order chi connectivity index (χ1) is 13.3. The summed E-state index contributed by atoms with van der Waals surface area (Å²) in [7, 11) is 0. The third kappa shape index (κ3) is 5.30. The van der Waals surface area contributed by atoms with Gasteiger partial charge in [0.1, 0.15) is 5.82 Å². The van der Waals surface area contributed by atoms with Crippen LogP contribution >= 0.6 is 11.6 Å². The van der Waals surface area contributed by atoms with Crippen LogP contribution in [0, 0.1) is 13.8 Å². The summed E-state index contributed by atoms with van der Waals surface area (Å²) >= 11 is 6.10. The first-order valence-electron chi connectivity index (χ1n) is 9.92. The van der Waals surface area contributed by atoms with Gasteiger partial charge in [0.05, 0.1) is 6.42 Å². The molecule has 1 aromatic heterocycles. The molecule has 150 valence electrons. The number of benzene rings is 1. The zero-order chi connectivity index (χ0) is 20.3. The van der Waals surface area contributed by atoms with Crippen LogP contribution in [0.4, 0.5) is 0 Å². The van der Waals surface area contributed by atoms with Crippen molar-refractivity contribution in [1.82, 2.24) is 20.2 Å². The van der Waals surface area contributed by atoms with Crippen molar-refractivity contribution in [2.24, 2.45) is 0 Å². The summed E-state index contributed by atoms with van der Waals surface area (Å²) in [5.41, 5.74) is 3.99. The molecule has 1 aliphatic rings. The van der Waals surface area contributed by atoms with Crippen LogP contribution in [0.15, 0.2) is 24.3 Å². The molecule has 1 aliphatic heterocycles. The minimum atomic E-state index is 0.0195. The third-order valence-electron chi connectivity index (χ3n) is 5.16. The lowest BCUT2D eigenvalue weighted by Gasteiger charge is -2.17. The number of hydrogen-bond acceptors (Lipinski definition) is 4. The van der Waals surface area contributed by atoms with Gasteiger partial charge in [-0.25, -0.2) is 9.97 Å². The average molecular weight is 401 g/mol. The predicted molar refractivity (Wildman–Crippen MR) is 113 cm³/mol. The Labute approximate surface area is 172 Å². The van der Waals surface area contributed by atoms with Gasteiger partial charge in [-0.2, -0.15) is 0 Å². The Morgan fingerprint density at radius 3 is 2.64 bits per heavy atom. The van der Waals surface area contributed by atoms with E-state index in [4.69, 9.17) is 21.6 Å². The molecular weight excluding hydrogens is 372 g/mol. The van der Waals surface area contributed by atoms with E-state index in [1.54, 1.807) is 0 Å². The number of aryl methyl sites for hydroxylation is 2. The van der Waals surface area contributed by atoms with Gasteiger partial charge in [-0.05, 0) is 58.4 Å². The molecule has 0 radical (unpaired) electrons. The number of halogens is 1. The van der Waals surface area contributed by atoms with Crippen LogP contribution in [0.25, 0.3) is 0 Å². The fourth-order valence-corrected chi connectivity index (χ4v) is 4.03. The standard InChI is InChI=1S/C22H29ClN4O/c1-14(2)24-21(28)11-20-15(3)25-22(26-16(20)4)18-8-9-27(13-18)12-17-6-5-7-19(23)10-17/h5-7,10,14,18H,8-9,11-13H2,1-4H3,(H,24,28). The van der Waals surface area contributed by atoms with Crippen molar-refractivity contribution in [2.45, 2.75) is 59.0 Å². The fourth-order valence-electron chi connectivity index (χ4n) is 3.82. The molecule has 0 bridgehead atoms. The summed E-state index contributed by atoms with van der Waals surface area (Å²) < 4.78 is 0. The van der Waals surface area contributed by atoms with Crippen molar-refractivity contribution in [1.29, 1.82) is 0 Å². The Kier molecular flexibility index (Phi) is 6.68. The Bertz CT molecular complexity index is 829. The van der Waals surface area contributed by atoms with E-state index in [2.05, 4.69) is 16.3 Å². The van der Waals surface area contributed by atoms with Crippen molar-refractivity contribution in [3.05, 3.63) is 57.6 Å². The molecule has 1 atom stereocenters. The van der Waals surface area contributed by atoms with E-state index >= 15 is 0 Å². The van der Waals surface area contributed by atoms with Gasteiger partial charge in [0, 0.05) is 47.0 Å². The first-order valence-corrected chi connectivity index (χ1v) is 10.3. The molecule has 1 N–H and O–H groups in total. The average Bonchev–Trinajstić information content (AvgIpc) is 3.06. The summed E-state index contributed by atoms with van der Waals surface area (Å²) in [4.78, 5) is 24.1. The molecule has 6 heteroatoms. The molecule has 1 saturated heterocycles. The highest BCUT2D eigenvalue weighted by Gasteiger charge is 2.27. The number of rotatable bonds is 6. The summed E-state index contributed by atoms with van der Waals surface area (Å²) in [6.45, 7) is 10.8. The van der Waals surface area contributed by atoms with E-state index in [9.17, 15) is 4.79 Å².